The van der Waals surface area contributed by atoms with Gasteiger partial charge >= 0.3 is 11.9 Å². The van der Waals surface area contributed by atoms with Crippen molar-refractivity contribution in [2.45, 2.75) is 26.7 Å². The molecule has 0 aliphatic carbocycles. The molecule has 0 fully saturated rings. The summed E-state index contributed by atoms with van der Waals surface area (Å²) in [4.78, 5) is 23.1. The Hall–Kier alpha value is -2.30. The number of esters is 2. The number of ether oxygens (including phenoxy) is 3. The normalized spacial score (nSPS) is 9.67. The first-order valence-electron chi connectivity index (χ1n) is 6.65. The monoisotopic (exact) mass is 292 g/mol. The van der Waals surface area contributed by atoms with E-state index in [1.807, 2.05) is 13.8 Å². The number of benzene rings is 1. The van der Waals surface area contributed by atoms with Crippen molar-refractivity contribution in [1.82, 2.24) is 0 Å². The van der Waals surface area contributed by atoms with Gasteiger partial charge in [0.15, 0.2) is 11.5 Å². The van der Waals surface area contributed by atoms with Gasteiger partial charge in [-0.1, -0.05) is 17.7 Å². The van der Waals surface area contributed by atoms with Crippen LogP contribution in [0, 0.1) is 0 Å². The van der Waals surface area contributed by atoms with Crippen LogP contribution in [0.3, 0.4) is 0 Å². The molecule has 1 aromatic carbocycles. The fourth-order valence-corrected chi connectivity index (χ4v) is 1.45. The molecule has 0 heterocycles. The van der Waals surface area contributed by atoms with Crippen LogP contribution >= 0.6 is 0 Å². The Bertz CT molecular complexity index is 515. The number of hydrogen-bond acceptors (Lipinski definition) is 5. The highest BCUT2D eigenvalue weighted by atomic mass is 16.6. The molecule has 0 radical (unpaired) electrons. The molecule has 0 spiro atoms. The van der Waals surface area contributed by atoms with E-state index in [1.165, 1.54) is 7.11 Å². The third-order valence-electron chi connectivity index (χ3n) is 2.56. The van der Waals surface area contributed by atoms with Crippen molar-refractivity contribution in [3.8, 4) is 11.5 Å². The molecule has 0 saturated carbocycles. The summed E-state index contributed by atoms with van der Waals surface area (Å²) in [5, 5.41) is 0. The average Bonchev–Trinajstić information content (AvgIpc) is 2.45. The zero-order chi connectivity index (χ0) is 15.7. The van der Waals surface area contributed by atoms with Gasteiger partial charge in [-0.3, -0.25) is 9.59 Å². The number of allylic oxidation sites excluding steroid dienone is 1. The molecule has 5 heteroatoms. The van der Waals surface area contributed by atoms with Crippen molar-refractivity contribution < 1.29 is 23.8 Å². The maximum absolute atomic E-state index is 11.7. The predicted octanol–water partition coefficient (Wildman–Crippen LogP) is 2.89. The number of para-hydroxylation sites is 2. The fourth-order valence-electron chi connectivity index (χ4n) is 1.45. The highest BCUT2D eigenvalue weighted by Crippen LogP contribution is 2.26. The van der Waals surface area contributed by atoms with Gasteiger partial charge in [0.05, 0.1) is 20.0 Å². The Morgan fingerprint density at radius 3 is 2.29 bits per heavy atom. The Kier molecular flexibility index (Phi) is 7.01. The molecule has 1 aromatic rings. The van der Waals surface area contributed by atoms with E-state index in [2.05, 4.69) is 0 Å². The zero-order valence-electron chi connectivity index (χ0n) is 12.5. The van der Waals surface area contributed by atoms with Gasteiger partial charge in [0.1, 0.15) is 6.61 Å². The molecule has 0 bridgehead atoms. The lowest BCUT2D eigenvalue weighted by Gasteiger charge is -2.08. The summed E-state index contributed by atoms with van der Waals surface area (Å²) >= 11 is 0. The zero-order valence-corrected chi connectivity index (χ0v) is 12.5. The summed E-state index contributed by atoms with van der Waals surface area (Å²) in [6, 6.07) is 6.83. The highest BCUT2D eigenvalue weighted by molar-refractivity contribution is 5.79. The molecule has 1 rings (SSSR count). The van der Waals surface area contributed by atoms with Gasteiger partial charge in [-0.25, -0.2) is 0 Å². The summed E-state index contributed by atoms with van der Waals surface area (Å²) in [7, 11) is 1.49. The largest absolute Gasteiger partial charge is 0.493 e. The predicted molar refractivity (Wildman–Crippen MR) is 78.3 cm³/mol. The lowest BCUT2D eigenvalue weighted by Crippen LogP contribution is -2.12. The van der Waals surface area contributed by atoms with Gasteiger partial charge in [-0.2, -0.15) is 0 Å². The molecule has 0 aliphatic heterocycles. The minimum absolute atomic E-state index is 0.00934. The van der Waals surface area contributed by atoms with E-state index >= 15 is 0 Å². The first kappa shape index (κ1) is 16.8. The maximum atomic E-state index is 11.7. The number of methoxy groups -OCH3 is 1. The van der Waals surface area contributed by atoms with E-state index in [0.29, 0.717) is 11.5 Å². The summed E-state index contributed by atoms with van der Waals surface area (Å²) in [5.74, 6) is -0.122. The number of carbonyl (C=O) groups is 2. The van der Waals surface area contributed by atoms with E-state index in [1.54, 1.807) is 30.3 Å². The van der Waals surface area contributed by atoms with Crippen molar-refractivity contribution in [2.75, 3.05) is 13.7 Å². The first-order chi connectivity index (χ1) is 10.0. The lowest BCUT2D eigenvalue weighted by molar-refractivity contribution is -0.146. The van der Waals surface area contributed by atoms with Crippen LogP contribution in [0.4, 0.5) is 0 Å². The highest BCUT2D eigenvalue weighted by Gasteiger charge is 2.12. The molecule has 0 N–H and O–H groups in total. The average molecular weight is 292 g/mol. The number of rotatable bonds is 7. The topological polar surface area (TPSA) is 61.8 Å². The van der Waals surface area contributed by atoms with Gasteiger partial charge < -0.3 is 14.2 Å². The molecular formula is C16H20O5. The van der Waals surface area contributed by atoms with Gasteiger partial charge in [0.2, 0.25) is 0 Å². The second-order valence-corrected chi connectivity index (χ2v) is 4.59. The molecule has 0 atom stereocenters. The molecule has 0 amide bonds. The van der Waals surface area contributed by atoms with Crippen molar-refractivity contribution in [1.29, 1.82) is 0 Å². The van der Waals surface area contributed by atoms with E-state index in [9.17, 15) is 9.59 Å². The van der Waals surface area contributed by atoms with Crippen LogP contribution in [0.1, 0.15) is 26.7 Å². The minimum atomic E-state index is -0.501. The summed E-state index contributed by atoms with van der Waals surface area (Å²) in [6.45, 7) is 4.06. The van der Waals surface area contributed by atoms with Crippen LogP contribution in [-0.2, 0) is 14.3 Å². The smallest absolute Gasteiger partial charge is 0.311 e. The third-order valence-corrected chi connectivity index (χ3v) is 2.56. The summed E-state index contributed by atoms with van der Waals surface area (Å²) in [6.07, 6.45) is 1.75. The molecule has 21 heavy (non-hydrogen) atoms. The molecule has 114 valence electrons. The van der Waals surface area contributed by atoms with Crippen LogP contribution in [-0.4, -0.2) is 25.7 Å². The third kappa shape index (κ3) is 6.61. The molecule has 0 saturated heterocycles. The number of hydrogen-bond donors (Lipinski definition) is 0. The van der Waals surface area contributed by atoms with E-state index in [-0.39, 0.29) is 19.4 Å². The van der Waals surface area contributed by atoms with Gasteiger partial charge in [-0.05, 0) is 32.1 Å². The molecular weight excluding hydrogens is 272 g/mol. The van der Waals surface area contributed by atoms with Crippen molar-refractivity contribution in [3.63, 3.8) is 0 Å². The molecule has 0 aliphatic rings. The first-order valence-corrected chi connectivity index (χ1v) is 6.65. The molecule has 0 unspecified atom stereocenters. The maximum Gasteiger partial charge on any atom is 0.311 e. The SMILES string of the molecule is COc1ccccc1OC(=O)CCC(=O)OCC=C(C)C. The minimum Gasteiger partial charge on any atom is -0.493 e. The van der Waals surface area contributed by atoms with Crippen molar-refractivity contribution in [3.05, 3.63) is 35.9 Å². The second kappa shape index (κ2) is 8.79. The van der Waals surface area contributed by atoms with Crippen LogP contribution in [0.25, 0.3) is 0 Å². The Labute approximate surface area is 124 Å². The Morgan fingerprint density at radius 2 is 1.67 bits per heavy atom. The van der Waals surface area contributed by atoms with Gasteiger partial charge in [0.25, 0.3) is 0 Å². The molecule has 0 aromatic heterocycles. The van der Waals surface area contributed by atoms with Crippen LogP contribution < -0.4 is 9.47 Å². The lowest BCUT2D eigenvalue weighted by atomic mass is 10.3. The second-order valence-electron chi connectivity index (χ2n) is 4.59. The quantitative estimate of drug-likeness (QED) is 0.439. The van der Waals surface area contributed by atoms with Crippen LogP contribution in [0.15, 0.2) is 35.9 Å². The van der Waals surface area contributed by atoms with E-state index in [0.717, 1.165) is 5.57 Å². The Balaban J connectivity index is 2.37. The Morgan fingerprint density at radius 1 is 1.05 bits per heavy atom. The number of carbonyl (C=O) groups excluding carboxylic acids is 2. The van der Waals surface area contributed by atoms with Gasteiger partial charge in [0, 0.05) is 0 Å². The fraction of sp³-hybridized carbons (Fsp3) is 0.375. The standard InChI is InChI=1S/C16H20O5/c1-12(2)10-11-20-15(17)8-9-16(18)21-14-7-5-4-6-13(14)19-3/h4-7,10H,8-9,11H2,1-3H3. The van der Waals surface area contributed by atoms with E-state index in [4.69, 9.17) is 14.2 Å². The van der Waals surface area contributed by atoms with Crippen molar-refractivity contribution >= 4 is 11.9 Å². The van der Waals surface area contributed by atoms with Crippen LogP contribution in [0.2, 0.25) is 0 Å². The summed E-state index contributed by atoms with van der Waals surface area (Å²) < 4.78 is 15.2. The van der Waals surface area contributed by atoms with Crippen molar-refractivity contribution in [2.24, 2.45) is 0 Å². The van der Waals surface area contributed by atoms with Gasteiger partial charge in [-0.15, -0.1) is 0 Å². The van der Waals surface area contributed by atoms with Crippen LogP contribution in [0.5, 0.6) is 11.5 Å². The van der Waals surface area contributed by atoms with E-state index < -0.39 is 11.9 Å². The summed E-state index contributed by atoms with van der Waals surface area (Å²) in [5.41, 5.74) is 1.07. The molecule has 5 nitrogen and oxygen atoms in total.